The van der Waals surface area contributed by atoms with Gasteiger partial charge in [-0.3, -0.25) is 4.79 Å². The van der Waals surface area contributed by atoms with E-state index in [0.717, 1.165) is 4.90 Å². The molecule has 2 rings (SSSR count). The molecular weight excluding hydrogens is 366 g/mol. The summed E-state index contributed by atoms with van der Waals surface area (Å²) in [7, 11) is 1.31. The molecular formula is C20H19NO5S. The fraction of sp³-hybridized carbons (Fsp3) is 0.150. The van der Waals surface area contributed by atoms with Crippen molar-refractivity contribution in [2.75, 3.05) is 25.3 Å². The van der Waals surface area contributed by atoms with Crippen LogP contribution in [0.2, 0.25) is 0 Å². The Morgan fingerprint density at radius 2 is 1.78 bits per heavy atom. The maximum atomic E-state index is 11.9. The van der Waals surface area contributed by atoms with Gasteiger partial charge in [0.2, 0.25) is 0 Å². The van der Waals surface area contributed by atoms with Crippen molar-refractivity contribution in [1.29, 1.82) is 0 Å². The van der Waals surface area contributed by atoms with Crippen molar-refractivity contribution in [2.45, 2.75) is 4.90 Å². The van der Waals surface area contributed by atoms with Gasteiger partial charge in [-0.25, -0.2) is 9.59 Å². The molecule has 0 spiro atoms. The average Bonchev–Trinajstić information content (AvgIpc) is 2.71. The maximum absolute atomic E-state index is 11.9. The van der Waals surface area contributed by atoms with Gasteiger partial charge >= 0.3 is 11.9 Å². The van der Waals surface area contributed by atoms with Crippen LogP contribution in [0.4, 0.5) is 5.69 Å². The van der Waals surface area contributed by atoms with Gasteiger partial charge in [-0.15, -0.1) is 11.8 Å². The van der Waals surface area contributed by atoms with E-state index in [0.29, 0.717) is 16.8 Å². The van der Waals surface area contributed by atoms with Crippen LogP contribution in [0.1, 0.15) is 15.9 Å². The zero-order chi connectivity index (χ0) is 19.6. The maximum Gasteiger partial charge on any atom is 0.337 e. The van der Waals surface area contributed by atoms with Gasteiger partial charge in [-0.2, -0.15) is 0 Å². The molecule has 1 amide bonds. The molecule has 0 heterocycles. The molecule has 6 nitrogen and oxygen atoms in total. The second-order valence-corrected chi connectivity index (χ2v) is 6.15. The standard InChI is InChI=1S/C20H19NO5S/c1-25-20(24)15-10-7-14(8-11-15)9-12-19(23)26-13-18(22)21-16-5-3-4-6-17(16)27-2/h3-12H,13H2,1-2H3,(H,21,22)/b12-9+. The molecule has 0 aromatic heterocycles. The summed E-state index contributed by atoms with van der Waals surface area (Å²) >= 11 is 1.51. The van der Waals surface area contributed by atoms with Crippen LogP contribution in [0, 0.1) is 0 Å². The Labute approximate surface area is 161 Å². The predicted molar refractivity (Wildman–Crippen MR) is 105 cm³/mol. The molecule has 2 aromatic carbocycles. The fourth-order valence-corrected chi connectivity index (χ4v) is 2.69. The number of carbonyl (C=O) groups excluding carboxylic acids is 3. The number of esters is 2. The van der Waals surface area contributed by atoms with E-state index in [1.165, 1.54) is 31.0 Å². The molecule has 0 saturated heterocycles. The highest BCUT2D eigenvalue weighted by atomic mass is 32.2. The largest absolute Gasteiger partial charge is 0.465 e. The third kappa shape index (κ3) is 6.31. The molecule has 0 unspecified atom stereocenters. The number of carbonyl (C=O) groups is 3. The van der Waals surface area contributed by atoms with Crippen molar-refractivity contribution in [2.24, 2.45) is 0 Å². The number of hydrogen-bond acceptors (Lipinski definition) is 6. The Balaban J connectivity index is 1.84. The molecule has 140 valence electrons. The van der Waals surface area contributed by atoms with Gasteiger partial charge in [-0.05, 0) is 42.2 Å². The van der Waals surface area contributed by atoms with Crippen LogP contribution in [-0.4, -0.2) is 37.8 Å². The summed E-state index contributed by atoms with van der Waals surface area (Å²) in [6.07, 6.45) is 4.66. The second-order valence-electron chi connectivity index (χ2n) is 5.30. The monoisotopic (exact) mass is 385 g/mol. The first kappa shape index (κ1) is 20.3. The predicted octanol–water partition coefficient (Wildman–Crippen LogP) is 3.39. The number of hydrogen-bond donors (Lipinski definition) is 1. The highest BCUT2D eigenvalue weighted by Crippen LogP contribution is 2.24. The van der Waals surface area contributed by atoms with E-state index in [9.17, 15) is 14.4 Å². The number of anilines is 1. The van der Waals surface area contributed by atoms with Crippen LogP contribution in [0.3, 0.4) is 0 Å². The van der Waals surface area contributed by atoms with E-state index >= 15 is 0 Å². The van der Waals surface area contributed by atoms with Crippen molar-refractivity contribution in [3.8, 4) is 0 Å². The van der Waals surface area contributed by atoms with Gasteiger partial charge in [0.1, 0.15) is 0 Å². The lowest BCUT2D eigenvalue weighted by atomic mass is 10.1. The normalized spacial score (nSPS) is 10.4. The highest BCUT2D eigenvalue weighted by molar-refractivity contribution is 7.98. The van der Waals surface area contributed by atoms with Crippen molar-refractivity contribution in [3.05, 3.63) is 65.7 Å². The number of benzene rings is 2. The summed E-state index contributed by atoms with van der Waals surface area (Å²) in [4.78, 5) is 36.0. The summed E-state index contributed by atoms with van der Waals surface area (Å²) < 4.78 is 9.55. The van der Waals surface area contributed by atoms with Crippen LogP contribution in [0.15, 0.2) is 59.5 Å². The molecule has 0 aliphatic rings. The van der Waals surface area contributed by atoms with Gasteiger partial charge < -0.3 is 14.8 Å². The quantitative estimate of drug-likeness (QED) is 0.447. The third-order valence-corrected chi connectivity index (χ3v) is 4.27. The number of ether oxygens (including phenoxy) is 2. The number of thioether (sulfide) groups is 1. The lowest BCUT2D eigenvalue weighted by Crippen LogP contribution is -2.20. The zero-order valence-electron chi connectivity index (χ0n) is 14.9. The first-order valence-electron chi connectivity index (χ1n) is 7.99. The molecule has 0 atom stereocenters. The van der Waals surface area contributed by atoms with E-state index in [1.807, 2.05) is 24.5 Å². The lowest BCUT2D eigenvalue weighted by molar-refractivity contribution is -0.142. The Morgan fingerprint density at radius 3 is 2.44 bits per heavy atom. The second kappa shape index (κ2) is 10.2. The zero-order valence-corrected chi connectivity index (χ0v) is 15.7. The molecule has 7 heteroatoms. The Hall–Kier alpha value is -3.06. The summed E-state index contributed by atoms with van der Waals surface area (Å²) in [6, 6.07) is 13.9. The van der Waals surface area contributed by atoms with E-state index in [4.69, 9.17) is 4.74 Å². The molecule has 2 aromatic rings. The first-order chi connectivity index (χ1) is 13.0. The van der Waals surface area contributed by atoms with E-state index < -0.39 is 17.8 Å². The molecule has 27 heavy (non-hydrogen) atoms. The Morgan fingerprint density at radius 1 is 1.07 bits per heavy atom. The van der Waals surface area contributed by atoms with E-state index in [2.05, 4.69) is 10.1 Å². The Bertz CT molecular complexity index is 846. The molecule has 0 aliphatic heterocycles. The first-order valence-corrected chi connectivity index (χ1v) is 9.22. The SMILES string of the molecule is COC(=O)c1ccc(/C=C/C(=O)OCC(=O)Nc2ccccc2SC)cc1. The van der Waals surface area contributed by atoms with Crippen molar-refractivity contribution in [1.82, 2.24) is 0 Å². The van der Waals surface area contributed by atoms with Gasteiger partial charge in [0, 0.05) is 11.0 Å². The van der Waals surface area contributed by atoms with Crippen molar-refractivity contribution in [3.63, 3.8) is 0 Å². The topological polar surface area (TPSA) is 81.7 Å². The molecule has 0 bridgehead atoms. The molecule has 1 N–H and O–H groups in total. The van der Waals surface area contributed by atoms with Crippen molar-refractivity contribution >= 4 is 41.4 Å². The van der Waals surface area contributed by atoms with Crippen LogP contribution < -0.4 is 5.32 Å². The van der Waals surface area contributed by atoms with E-state index in [-0.39, 0.29) is 6.61 Å². The third-order valence-electron chi connectivity index (χ3n) is 3.47. The number of methoxy groups -OCH3 is 1. The summed E-state index contributed by atoms with van der Waals surface area (Å²) in [5, 5.41) is 2.71. The molecule has 0 fully saturated rings. The van der Waals surface area contributed by atoms with Gasteiger partial charge in [0.05, 0.1) is 18.4 Å². The summed E-state index contributed by atoms with van der Waals surface area (Å²) in [5.41, 5.74) is 1.80. The van der Waals surface area contributed by atoms with Gasteiger partial charge in [0.25, 0.3) is 5.91 Å². The number of nitrogens with one attached hydrogen (secondary N) is 1. The van der Waals surface area contributed by atoms with Crippen LogP contribution in [0.25, 0.3) is 6.08 Å². The smallest absolute Gasteiger partial charge is 0.337 e. The lowest BCUT2D eigenvalue weighted by Gasteiger charge is -2.09. The van der Waals surface area contributed by atoms with Gasteiger partial charge in [0.15, 0.2) is 6.61 Å². The minimum absolute atomic E-state index is 0.382. The fourth-order valence-electron chi connectivity index (χ4n) is 2.13. The Kier molecular flexibility index (Phi) is 7.63. The molecule has 0 saturated carbocycles. The average molecular weight is 385 g/mol. The van der Waals surface area contributed by atoms with Crippen LogP contribution >= 0.6 is 11.8 Å². The number of rotatable bonds is 7. The van der Waals surface area contributed by atoms with E-state index in [1.54, 1.807) is 30.3 Å². The highest BCUT2D eigenvalue weighted by Gasteiger charge is 2.08. The van der Waals surface area contributed by atoms with Crippen LogP contribution in [-0.2, 0) is 19.1 Å². The summed E-state index contributed by atoms with van der Waals surface area (Å²) in [6.45, 7) is -0.382. The minimum Gasteiger partial charge on any atom is -0.465 e. The van der Waals surface area contributed by atoms with Crippen LogP contribution in [0.5, 0.6) is 0 Å². The number of para-hydroxylation sites is 1. The van der Waals surface area contributed by atoms with Crippen molar-refractivity contribution < 1.29 is 23.9 Å². The van der Waals surface area contributed by atoms with Gasteiger partial charge in [-0.1, -0.05) is 24.3 Å². The minimum atomic E-state index is -0.639. The summed E-state index contributed by atoms with van der Waals surface area (Å²) in [5.74, 6) is -1.49. The number of amides is 1. The molecule has 0 aliphatic carbocycles. The molecule has 0 radical (unpaired) electrons.